The number of hydrogen-bond acceptors (Lipinski definition) is 1. The Morgan fingerprint density at radius 1 is 1.19 bits per heavy atom. The van der Waals surface area contributed by atoms with Crippen molar-refractivity contribution in [2.24, 2.45) is 0 Å². The summed E-state index contributed by atoms with van der Waals surface area (Å²) in [5.41, 5.74) is 0. The van der Waals surface area contributed by atoms with Crippen molar-refractivity contribution in [2.75, 3.05) is 0 Å². The molecular weight excluding hydrogens is 292 g/mol. The molecule has 0 fully saturated rings. The molecule has 4 heteroatoms. The van der Waals surface area contributed by atoms with Gasteiger partial charge in [-0.25, -0.2) is 0 Å². The quantitative estimate of drug-likeness (QED) is 0.752. The Kier molecular flexibility index (Phi) is 6.07. The molecule has 88 valence electrons. The van der Waals surface area contributed by atoms with Gasteiger partial charge in [-0.2, -0.15) is 0 Å². The van der Waals surface area contributed by atoms with Crippen molar-refractivity contribution in [3.05, 3.63) is 28.7 Å². The predicted molar refractivity (Wildman–Crippen MR) is 80.5 cm³/mol. The molecule has 0 amide bonds. The molecule has 0 aliphatic heterocycles. The highest BCUT2D eigenvalue weighted by Crippen LogP contribution is 2.37. The molecule has 0 saturated heterocycles. The van der Waals surface area contributed by atoms with Gasteiger partial charge >= 0.3 is 23.1 Å². The Balaban J connectivity index is 0.00000225. The Bertz CT molecular complexity index is 347. The van der Waals surface area contributed by atoms with E-state index in [4.69, 9.17) is 4.43 Å². The molecular formula is C12H21BrMgOSi. The summed E-state index contributed by atoms with van der Waals surface area (Å²) in [7, 11) is -1.69. The van der Waals surface area contributed by atoms with E-state index in [2.05, 4.69) is 49.8 Å². The van der Waals surface area contributed by atoms with Gasteiger partial charge in [0.1, 0.15) is 5.75 Å². The highest BCUT2D eigenvalue weighted by atomic mass is 79.9. The topological polar surface area (TPSA) is 9.23 Å². The summed E-state index contributed by atoms with van der Waals surface area (Å²) in [6.07, 6.45) is 0. The van der Waals surface area contributed by atoms with Crippen LogP contribution < -0.4 is 4.43 Å². The van der Waals surface area contributed by atoms with Gasteiger partial charge in [-0.05, 0) is 36.3 Å². The van der Waals surface area contributed by atoms with E-state index in [-0.39, 0.29) is 28.1 Å². The predicted octanol–water partition coefficient (Wildman–Crippen LogP) is 3.92. The van der Waals surface area contributed by atoms with Gasteiger partial charge in [0.2, 0.25) is 8.32 Å². The first kappa shape index (κ1) is 16.5. The molecule has 1 rings (SSSR count). The van der Waals surface area contributed by atoms with Crippen molar-refractivity contribution in [1.29, 1.82) is 0 Å². The van der Waals surface area contributed by atoms with Crippen LogP contribution in [0.25, 0.3) is 0 Å². The minimum absolute atomic E-state index is 0. The molecule has 0 saturated carbocycles. The van der Waals surface area contributed by atoms with E-state index in [1.54, 1.807) is 0 Å². The summed E-state index contributed by atoms with van der Waals surface area (Å²) in [5, 5.41) is 0.245. The van der Waals surface area contributed by atoms with E-state index >= 15 is 0 Å². The third-order valence-corrected chi connectivity index (χ3v) is 7.83. The van der Waals surface area contributed by atoms with E-state index in [0.29, 0.717) is 0 Å². The number of halogens is 1. The molecule has 0 atom stereocenters. The van der Waals surface area contributed by atoms with Gasteiger partial charge in [0, 0.05) is 4.47 Å². The molecule has 0 N–H and O–H groups in total. The highest BCUT2D eigenvalue weighted by molar-refractivity contribution is 9.10. The van der Waals surface area contributed by atoms with Crippen molar-refractivity contribution in [3.63, 3.8) is 0 Å². The second-order valence-electron chi connectivity index (χ2n) is 5.32. The number of rotatable bonds is 2. The van der Waals surface area contributed by atoms with Crippen molar-refractivity contribution in [2.45, 2.75) is 38.9 Å². The van der Waals surface area contributed by atoms with Gasteiger partial charge in [0.05, 0.1) is 0 Å². The third-order valence-electron chi connectivity index (χ3n) is 2.98. The van der Waals surface area contributed by atoms with Gasteiger partial charge in [-0.1, -0.05) is 42.8 Å². The van der Waals surface area contributed by atoms with Crippen LogP contribution in [0.5, 0.6) is 5.75 Å². The normalized spacial score (nSPS) is 11.9. The van der Waals surface area contributed by atoms with Gasteiger partial charge in [0.15, 0.2) is 0 Å². The molecule has 1 aromatic rings. The van der Waals surface area contributed by atoms with Crippen LogP contribution in [0.1, 0.15) is 20.8 Å². The summed E-state index contributed by atoms with van der Waals surface area (Å²) in [6, 6.07) is 8.07. The zero-order chi connectivity index (χ0) is 11.7. The van der Waals surface area contributed by atoms with Crippen molar-refractivity contribution in [1.82, 2.24) is 0 Å². The van der Waals surface area contributed by atoms with Gasteiger partial charge < -0.3 is 4.43 Å². The fraction of sp³-hybridized carbons (Fsp3) is 0.500. The summed E-state index contributed by atoms with van der Waals surface area (Å²) >= 11 is 3.46. The van der Waals surface area contributed by atoms with E-state index in [1.165, 1.54) is 0 Å². The van der Waals surface area contributed by atoms with Crippen LogP contribution >= 0.6 is 15.9 Å². The highest BCUT2D eigenvalue weighted by Gasteiger charge is 2.38. The fourth-order valence-corrected chi connectivity index (χ4v) is 2.38. The van der Waals surface area contributed by atoms with Crippen LogP contribution in [0.15, 0.2) is 28.7 Å². The van der Waals surface area contributed by atoms with E-state index in [0.717, 1.165) is 10.2 Å². The van der Waals surface area contributed by atoms with E-state index in [9.17, 15) is 0 Å². The summed E-state index contributed by atoms with van der Waals surface area (Å²) in [5.74, 6) is 0.968. The molecule has 0 aliphatic carbocycles. The van der Waals surface area contributed by atoms with Gasteiger partial charge in [0.25, 0.3) is 0 Å². The lowest BCUT2D eigenvalue weighted by atomic mass is 10.2. The number of hydrogen-bond donors (Lipinski definition) is 0. The lowest BCUT2D eigenvalue weighted by molar-refractivity contribution is 0.492. The Morgan fingerprint density at radius 3 is 2.19 bits per heavy atom. The summed E-state index contributed by atoms with van der Waals surface area (Å²) in [6.45, 7) is 11.3. The minimum atomic E-state index is -1.69. The third kappa shape index (κ3) is 4.39. The van der Waals surface area contributed by atoms with Crippen LogP contribution in [-0.2, 0) is 0 Å². The first-order chi connectivity index (χ1) is 6.72. The summed E-state index contributed by atoms with van der Waals surface area (Å²) in [4.78, 5) is 0. The minimum Gasteiger partial charge on any atom is -0.543 e. The first-order valence-electron chi connectivity index (χ1n) is 5.17. The SMILES string of the molecule is CC(C)(C)[Si](C)(C)Oc1cccc(Br)c1.[MgH2]. The molecule has 1 aromatic carbocycles. The van der Waals surface area contributed by atoms with Crippen LogP contribution in [0.3, 0.4) is 0 Å². The summed E-state index contributed by atoms with van der Waals surface area (Å²) < 4.78 is 7.22. The average Bonchev–Trinajstić information content (AvgIpc) is 2.00. The zero-order valence-corrected chi connectivity index (χ0v) is 12.7. The molecule has 0 unspecified atom stereocenters. The Hall–Kier alpha value is 0.483. The monoisotopic (exact) mass is 312 g/mol. The second-order valence-corrected chi connectivity index (χ2v) is 11.0. The standard InChI is InChI=1S/C12H19BrOSi.Mg.2H/c1-12(2,3)15(4,5)14-11-8-6-7-10(13)9-11;;;/h6-9H,1-5H3;;;. The van der Waals surface area contributed by atoms with Crippen LogP contribution in [-0.4, -0.2) is 31.4 Å². The molecule has 0 radical (unpaired) electrons. The molecule has 0 aromatic heterocycles. The average molecular weight is 314 g/mol. The maximum absolute atomic E-state index is 6.16. The fourth-order valence-electron chi connectivity index (χ4n) is 0.978. The zero-order valence-electron chi connectivity index (χ0n) is 10.1. The molecule has 0 spiro atoms. The van der Waals surface area contributed by atoms with E-state index < -0.39 is 8.32 Å². The van der Waals surface area contributed by atoms with Crippen LogP contribution in [0.2, 0.25) is 18.1 Å². The maximum atomic E-state index is 6.16. The van der Waals surface area contributed by atoms with Crippen molar-refractivity contribution >= 4 is 47.3 Å². The largest absolute Gasteiger partial charge is 0.543 e. The molecule has 0 bridgehead atoms. The molecule has 16 heavy (non-hydrogen) atoms. The lowest BCUT2D eigenvalue weighted by Crippen LogP contribution is -2.43. The van der Waals surface area contributed by atoms with Gasteiger partial charge in [-0.3, -0.25) is 0 Å². The van der Waals surface area contributed by atoms with Crippen LogP contribution in [0.4, 0.5) is 0 Å². The van der Waals surface area contributed by atoms with Crippen LogP contribution in [0, 0.1) is 0 Å². The Labute approximate surface area is 124 Å². The van der Waals surface area contributed by atoms with Crippen molar-refractivity contribution in [3.8, 4) is 5.75 Å². The first-order valence-corrected chi connectivity index (χ1v) is 8.87. The van der Waals surface area contributed by atoms with E-state index in [1.807, 2.05) is 24.3 Å². The molecule has 0 heterocycles. The second kappa shape index (κ2) is 5.89. The van der Waals surface area contributed by atoms with Gasteiger partial charge in [-0.15, -0.1) is 0 Å². The lowest BCUT2D eigenvalue weighted by Gasteiger charge is -2.36. The molecule has 0 aliphatic rings. The number of benzene rings is 1. The molecule has 1 nitrogen and oxygen atoms in total. The maximum Gasteiger partial charge on any atom is 0.316 e. The Morgan fingerprint density at radius 2 is 1.75 bits per heavy atom. The van der Waals surface area contributed by atoms with Crippen molar-refractivity contribution < 1.29 is 4.43 Å². The smallest absolute Gasteiger partial charge is 0.316 e.